The lowest BCUT2D eigenvalue weighted by Gasteiger charge is -2.05. The number of carbonyl (C=O) groups is 1. The first-order chi connectivity index (χ1) is 7.59. The largest absolute Gasteiger partial charge is 0.288 e. The smallest absolute Gasteiger partial charge is 0.205 e. The van der Waals surface area contributed by atoms with Crippen LogP contribution in [0.2, 0.25) is 0 Å². The zero-order valence-corrected chi connectivity index (χ0v) is 10.4. The van der Waals surface area contributed by atoms with Crippen molar-refractivity contribution in [2.24, 2.45) is 0 Å². The highest BCUT2D eigenvalue weighted by atomic mass is 32.1. The van der Waals surface area contributed by atoms with Crippen LogP contribution >= 0.6 is 11.3 Å². The Morgan fingerprint density at radius 2 is 2.00 bits per heavy atom. The second kappa shape index (κ2) is 4.18. The summed E-state index contributed by atoms with van der Waals surface area (Å²) in [5, 5.41) is 0. The standard InChI is InChI=1S/C13H13NOS/c1-8-4-5-9(2)11(6-8)12(15)13-10(3)14-7-16-13/h4-7H,1-3H3. The molecule has 0 aliphatic heterocycles. The summed E-state index contributed by atoms with van der Waals surface area (Å²) in [6.07, 6.45) is 0. The van der Waals surface area contributed by atoms with E-state index in [1.807, 2.05) is 39.0 Å². The number of hydrogen-bond acceptors (Lipinski definition) is 3. The van der Waals surface area contributed by atoms with E-state index in [1.165, 1.54) is 11.3 Å². The fourth-order valence-corrected chi connectivity index (χ4v) is 2.38. The Hall–Kier alpha value is -1.48. The SMILES string of the molecule is Cc1ccc(C)c(C(=O)c2scnc2C)c1. The Morgan fingerprint density at radius 3 is 2.62 bits per heavy atom. The second-order valence-electron chi connectivity index (χ2n) is 3.91. The molecule has 0 spiro atoms. The molecule has 0 aliphatic rings. The predicted octanol–water partition coefficient (Wildman–Crippen LogP) is 3.30. The van der Waals surface area contributed by atoms with E-state index in [-0.39, 0.29) is 5.78 Å². The van der Waals surface area contributed by atoms with Gasteiger partial charge in [0.2, 0.25) is 5.78 Å². The van der Waals surface area contributed by atoms with Gasteiger partial charge in [-0.3, -0.25) is 4.79 Å². The fraction of sp³-hybridized carbons (Fsp3) is 0.231. The van der Waals surface area contributed by atoms with Gasteiger partial charge in [0.1, 0.15) is 0 Å². The molecule has 0 saturated carbocycles. The fourth-order valence-electron chi connectivity index (χ4n) is 1.62. The number of hydrogen-bond donors (Lipinski definition) is 0. The maximum Gasteiger partial charge on any atom is 0.205 e. The van der Waals surface area contributed by atoms with E-state index in [9.17, 15) is 4.79 Å². The number of nitrogens with zero attached hydrogens (tertiary/aromatic N) is 1. The van der Waals surface area contributed by atoms with Gasteiger partial charge in [0.15, 0.2) is 0 Å². The molecule has 1 aromatic carbocycles. The molecule has 1 heterocycles. The normalized spacial score (nSPS) is 10.4. The number of carbonyl (C=O) groups excluding carboxylic acids is 1. The Bertz CT molecular complexity index is 543. The summed E-state index contributed by atoms with van der Waals surface area (Å²) in [5.41, 5.74) is 5.44. The lowest BCUT2D eigenvalue weighted by molar-refractivity contribution is 0.104. The van der Waals surface area contributed by atoms with Crippen LogP contribution in [0.5, 0.6) is 0 Å². The number of aryl methyl sites for hydroxylation is 3. The number of benzene rings is 1. The van der Waals surface area contributed by atoms with Crippen molar-refractivity contribution >= 4 is 17.1 Å². The molecule has 3 heteroatoms. The first-order valence-electron chi connectivity index (χ1n) is 5.11. The lowest BCUT2D eigenvalue weighted by atomic mass is 10.0. The van der Waals surface area contributed by atoms with E-state index in [0.717, 1.165) is 27.3 Å². The highest BCUT2D eigenvalue weighted by Crippen LogP contribution is 2.20. The van der Waals surface area contributed by atoms with Gasteiger partial charge in [-0.15, -0.1) is 11.3 Å². The first kappa shape index (κ1) is 11.0. The van der Waals surface area contributed by atoms with Crippen LogP contribution in [0.25, 0.3) is 0 Å². The molecule has 0 atom stereocenters. The van der Waals surface area contributed by atoms with Crippen molar-refractivity contribution in [3.05, 3.63) is 51.0 Å². The molecule has 2 rings (SSSR count). The minimum Gasteiger partial charge on any atom is -0.288 e. The van der Waals surface area contributed by atoms with Crippen molar-refractivity contribution < 1.29 is 4.79 Å². The Balaban J connectivity index is 2.49. The van der Waals surface area contributed by atoms with E-state index in [1.54, 1.807) is 5.51 Å². The molecule has 0 saturated heterocycles. The Morgan fingerprint density at radius 1 is 1.25 bits per heavy atom. The van der Waals surface area contributed by atoms with Crippen LogP contribution < -0.4 is 0 Å². The molecule has 0 unspecified atom stereocenters. The summed E-state index contributed by atoms with van der Waals surface area (Å²) in [6.45, 7) is 5.83. The Labute approximate surface area is 99.0 Å². The van der Waals surface area contributed by atoms with E-state index < -0.39 is 0 Å². The molecule has 0 radical (unpaired) electrons. The van der Waals surface area contributed by atoms with Crippen LogP contribution in [0.15, 0.2) is 23.7 Å². The van der Waals surface area contributed by atoms with Crippen molar-refractivity contribution in [1.29, 1.82) is 0 Å². The van der Waals surface area contributed by atoms with Gasteiger partial charge in [-0.25, -0.2) is 4.98 Å². The van der Waals surface area contributed by atoms with Crippen LogP contribution in [-0.2, 0) is 0 Å². The van der Waals surface area contributed by atoms with Crippen molar-refractivity contribution in [2.75, 3.05) is 0 Å². The second-order valence-corrected chi connectivity index (χ2v) is 4.77. The van der Waals surface area contributed by atoms with Gasteiger partial charge in [-0.2, -0.15) is 0 Å². The van der Waals surface area contributed by atoms with E-state index in [2.05, 4.69) is 4.98 Å². The van der Waals surface area contributed by atoms with Crippen LogP contribution in [0.4, 0.5) is 0 Å². The minimum absolute atomic E-state index is 0.0844. The third-order valence-corrected chi connectivity index (χ3v) is 3.52. The molecule has 0 bridgehead atoms. The Kier molecular flexibility index (Phi) is 2.88. The lowest BCUT2D eigenvalue weighted by Crippen LogP contribution is -2.03. The number of thiazole rings is 1. The minimum atomic E-state index is 0.0844. The average molecular weight is 231 g/mol. The predicted molar refractivity (Wildman–Crippen MR) is 66.2 cm³/mol. The zero-order valence-electron chi connectivity index (χ0n) is 9.57. The van der Waals surface area contributed by atoms with Gasteiger partial charge in [0.25, 0.3) is 0 Å². The molecular formula is C13H13NOS. The average Bonchev–Trinajstić information content (AvgIpc) is 2.67. The van der Waals surface area contributed by atoms with Crippen molar-refractivity contribution in [3.63, 3.8) is 0 Å². The summed E-state index contributed by atoms with van der Waals surface area (Å²) >= 11 is 1.41. The summed E-state index contributed by atoms with van der Waals surface area (Å²) in [4.78, 5) is 17.1. The van der Waals surface area contributed by atoms with Crippen LogP contribution in [0.3, 0.4) is 0 Å². The quantitative estimate of drug-likeness (QED) is 0.742. The summed E-state index contributed by atoms with van der Waals surface area (Å²) in [7, 11) is 0. The molecule has 0 N–H and O–H groups in total. The highest BCUT2D eigenvalue weighted by Gasteiger charge is 2.16. The highest BCUT2D eigenvalue weighted by molar-refractivity contribution is 7.12. The maximum atomic E-state index is 12.3. The number of rotatable bonds is 2. The van der Waals surface area contributed by atoms with Gasteiger partial charge in [0.05, 0.1) is 16.1 Å². The molecule has 0 aliphatic carbocycles. The van der Waals surface area contributed by atoms with E-state index >= 15 is 0 Å². The van der Waals surface area contributed by atoms with Gasteiger partial charge in [0, 0.05) is 5.56 Å². The van der Waals surface area contributed by atoms with Gasteiger partial charge < -0.3 is 0 Å². The summed E-state index contributed by atoms with van der Waals surface area (Å²) < 4.78 is 0. The van der Waals surface area contributed by atoms with Gasteiger partial charge >= 0.3 is 0 Å². The number of ketones is 1. The van der Waals surface area contributed by atoms with Crippen molar-refractivity contribution in [1.82, 2.24) is 4.98 Å². The molecule has 2 nitrogen and oxygen atoms in total. The van der Waals surface area contributed by atoms with Crippen LogP contribution in [-0.4, -0.2) is 10.8 Å². The number of aromatic nitrogens is 1. The maximum absolute atomic E-state index is 12.3. The zero-order chi connectivity index (χ0) is 11.7. The monoisotopic (exact) mass is 231 g/mol. The van der Waals surface area contributed by atoms with E-state index in [4.69, 9.17) is 0 Å². The molecule has 0 amide bonds. The van der Waals surface area contributed by atoms with Crippen LogP contribution in [0.1, 0.15) is 32.1 Å². The molecule has 0 fully saturated rings. The molecular weight excluding hydrogens is 218 g/mol. The first-order valence-corrected chi connectivity index (χ1v) is 5.99. The van der Waals surface area contributed by atoms with Crippen LogP contribution in [0, 0.1) is 20.8 Å². The third-order valence-electron chi connectivity index (χ3n) is 2.59. The molecule has 1 aromatic heterocycles. The molecule has 82 valence electrons. The van der Waals surface area contributed by atoms with Crippen molar-refractivity contribution in [2.45, 2.75) is 20.8 Å². The third kappa shape index (κ3) is 1.91. The van der Waals surface area contributed by atoms with Gasteiger partial charge in [-0.1, -0.05) is 17.7 Å². The molecule has 2 aromatic rings. The molecule has 16 heavy (non-hydrogen) atoms. The summed E-state index contributed by atoms with van der Waals surface area (Å²) in [5.74, 6) is 0.0844. The van der Waals surface area contributed by atoms with Gasteiger partial charge in [-0.05, 0) is 32.4 Å². The topological polar surface area (TPSA) is 30.0 Å². The summed E-state index contributed by atoms with van der Waals surface area (Å²) in [6, 6.07) is 5.95. The van der Waals surface area contributed by atoms with Crippen molar-refractivity contribution in [3.8, 4) is 0 Å². The van der Waals surface area contributed by atoms with E-state index in [0.29, 0.717) is 0 Å².